The van der Waals surface area contributed by atoms with E-state index in [-0.39, 0.29) is 17.4 Å². The van der Waals surface area contributed by atoms with Crippen LogP contribution >= 0.6 is 11.8 Å². The molecule has 0 bridgehead atoms. The molecule has 5 aromatic carbocycles. The first-order valence-corrected chi connectivity index (χ1v) is 16.4. The summed E-state index contributed by atoms with van der Waals surface area (Å²) >= 11 is 1.38. The number of anilines is 2. The zero-order chi connectivity index (χ0) is 33.6. The smallest absolute Gasteiger partial charge is 0.272 e. The van der Waals surface area contributed by atoms with Crippen molar-refractivity contribution >= 4 is 46.9 Å². The molecule has 242 valence electrons. The van der Waals surface area contributed by atoms with Crippen LogP contribution in [-0.4, -0.2) is 30.1 Å². The lowest BCUT2D eigenvalue weighted by atomic mass is 10.1. The van der Waals surface area contributed by atoms with Crippen molar-refractivity contribution in [2.75, 3.05) is 23.0 Å². The van der Waals surface area contributed by atoms with Gasteiger partial charge in [0.1, 0.15) is 23.8 Å². The number of hydrogen-bond donors (Lipinski definition) is 3. The van der Waals surface area contributed by atoms with Crippen molar-refractivity contribution < 1.29 is 23.9 Å². The molecule has 0 radical (unpaired) electrons. The van der Waals surface area contributed by atoms with Crippen molar-refractivity contribution in [1.29, 1.82) is 0 Å². The molecule has 8 nitrogen and oxygen atoms in total. The highest BCUT2D eigenvalue weighted by Crippen LogP contribution is 2.22. The fraction of sp³-hybridized carbons (Fsp3) is 0.103. The second-order valence-corrected chi connectivity index (χ2v) is 11.5. The molecular weight excluding hydrogens is 623 g/mol. The number of hydrogen-bond acceptors (Lipinski definition) is 6. The minimum Gasteiger partial charge on any atom is -0.494 e. The Balaban J connectivity index is 1.20. The van der Waals surface area contributed by atoms with Crippen molar-refractivity contribution in [2.45, 2.75) is 18.4 Å². The molecule has 0 atom stereocenters. The molecule has 3 N–H and O–H groups in total. The number of carbonyl (C=O) groups is 3. The van der Waals surface area contributed by atoms with Crippen LogP contribution < -0.4 is 25.4 Å². The van der Waals surface area contributed by atoms with E-state index in [2.05, 4.69) is 16.0 Å². The summed E-state index contributed by atoms with van der Waals surface area (Å²) in [5.74, 6) is 0.613. The van der Waals surface area contributed by atoms with Crippen LogP contribution in [0.25, 0.3) is 6.08 Å². The number of ether oxygens (including phenoxy) is 2. The van der Waals surface area contributed by atoms with Gasteiger partial charge in [-0.05, 0) is 96.9 Å². The van der Waals surface area contributed by atoms with Crippen molar-refractivity contribution in [3.05, 3.63) is 156 Å². The van der Waals surface area contributed by atoms with Crippen LogP contribution in [-0.2, 0) is 16.2 Å². The van der Waals surface area contributed by atoms with Gasteiger partial charge in [0.05, 0.1) is 12.4 Å². The van der Waals surface area contributed by atoms with Gasteiger partial charge in [-0.1, -0.05) is 60.7 Å². The zero-order valence-corrected chi connectivity index (χ0v) is 27.2. The average molecular weight is 658 g/mol. The van der Waals surface area contributed by atoms with E-state index in [9.17, 15) is 14.4 Å². The Labute approximate surface area is 284 Å². The van der Waals surface area contributed by atoms with Gasteiger partial charge >= 0.3 is 0 Å². The second kappa shape index (κ2) is 17.2. The molecule has 5 rings (SSSR count). The Morgan fingerprint density at radius 2 is 1.25 bits per heavy atom. The van der Waals surface area contributed by atoms with Gasteiger partial charge < -0.3 is 25.4 Å². The number of benzene rings is 5. The molecule has 0 saturated carbocycles. The van der Waals surface area contributed by atoms with E-state index in [1.807, 2.05) is 91.9 Å². The standard InChI is InChI=1S/C39H35N3O5S/c1-2-46-33-21-15-31(16-22-33)40-37(43)27-48-35-23-17-32(18-24-35)41-39(45)36(42-38(44)30-11-7-4-8-12-30)25-28-13-19-34(20-14-28)47-26-29-9-5-3-6-10-29/h3-25H,2,26-27H2,1H3,(H,40,43)(H,41,45)(H,42,44)/b36-25-. The molecule has 5 aromatic rings. The molecule has 3 amide bonds. The van der Waals surface area contributed by atoms with Crippen LogP contribution in [0.1, 0.15) is 28.4 Å². The summed E-state index contributed by atoms with van der Waals surface area (Å²) in [5.41, 5.74) is 3.49. The molecule has 0 spiro atoms. The van der Waals surface area contributed by atoms with Crippen LogP contribution in [0.15, 0.2) is 144 Å². The lowest BCUT2D eigenvalue weighted by Gasteiger charge is -2.12. The summed E-state index contributed by atoms with van der Waals surface area (Å²) in [6, 6.07) is 40.2. The summed E-state index contributed by atoms with van der Waals surface area (Å²) < 4.78 is 11.3. The Hall–Kier alpha value is -5.80. The van der Waals surface area contributed by atoms with Crippen molar-refractivity contribution in [2.24, 2.45) is 0 Å². The normalized spacial score (nSPS) is 10.9. The number of nitrogens with one attached hydrogen (secondary N) is 3. The highest BCUT2D eigenvalue weighted by Gasteiger charge is 2.15. The molecule has 48 heavy (non-hydrogen) atoms. The van der Waals surface area contributed by atoms with Gasteiger partial charge in [-0.3, -0.25) is 14.4 Å². The van der Waals surface area contributed by atoms with Gasteiger partial charge in [-0.15, -0.1) is 11.8 Å². The Bertz CT molecular complexity index is 1830. The molecule has 0 saturated heterocycles. The van der Waals surface area contributed by atoms with Gasteiger partial charge in [0.15, 0.2) is 0 Å². The first-order valence-electron chi connectivity index (χ1n) is 15.4. The topological polar surface area (TPSA) is 106 Å². The largest absolute Gasteiger partial charge is 0.494 e. The van der Waals surface area contributed by atoms with Crippen LogP contribution in [0.4, 0.5) is 11.4 Å². The van der Waals surface area contributed by atoms with Crippen molar-refractivity contribution in [1.82, 2.24) is 5.32 Å². The molecule has 0 heterocycles. The SMILES string of the molecule is CCOc1ccc(NC(=O)CSc2ccc(NC(=O)/C(=C/c3ccc(OCc4ccccc4)cc3)NC(=O)c3ccccc3)cc2)cc1. The van der Waals surface area contributed by atoms with Gasteiger partial charge in [0.25, 0.3) is 11.8 Å². The minimum atomic E-state index is -0.487. The summed E-state index contributed by atoms with van der Waals surface area (Å²) in [5, 5.41) is 8.50. The first kappa shape index (κ1) is 33.6. The van der Waals surface area contributed by atoms with E-state index in [0.29, 0.717) is 41.5 Å². The van der Waals surface area contributed by atoms with E-state index in [1.54, 1.807) is 54.6 Å². The molecule has 0 aliphatic rings. The maximum atomic E-state index is 13.5. The average Bonchev–Trinajstić information content (AvgIpc) is 3.12. The minimum absolute atomic E-state index is 0.0752. The van der Waals surface area contributed by atoms with Gasteiger partial charge in [0, 0.05) is 21.8 Å². The maximum absolute atomic E-state index is 13.5. The molecule has 0 fully saturated rings. The third-order valence-electron chi connectivity index (χ3n) is 6.90. The zero-order valence-electron chi connectivity index (χ0n) is 26.3. The lowest BCUT2D eigenvalue weighted by molar-refractivity contribution is -0.114. The Kier molecular flexibility index (Phi) is 12.0. The van der Waals surface area contributed by atoms with E-state index >= 15 is 0 Å². The van der Waals surface area contributed by atoms with E-state index in [0.717, 1.165) is 16.2 Å². The number of carbonyl (C=O) groups excluding carboxylic acids is 3. The van der Waals surface area contributed by atoms with E-state index < -0.39 is 11.8 Å². The molecule has 0 aromatic heterocycles. The Morgan fingerprint density at radius 1 is 0.667 bits per heavy atom. The van der Waals surface area contributed by atoms with Crippen molar-refractivity contribution in [3.8, 4) is 11.5 Å². The predicted octanol–water partition coefficient (Wildman–Crippen LogP) is 7.80. The molecular formula is C39H35N3O5S. The maximum Gasteiger partial charge on any atom is 0.272 e. The van der Waals surface area contributed by atoms with E-state index in [4.69, 9.17) is 9.47 Å². The highest BCUT2D eigenvalue weighted by atomic mass is 32.2. The van der Waals surface area contributed by atoms with Gasteiger partial charge in [0.2, 0.25) is 5.91 Å². The van der Waals surface area contributed by atoms with E-state index in [1.165, 1.54) is 11.8 Å². The van der Waals surface area contributed by atoms with Crippen LogP contribution in [0.2, 0.25) is 0 Å². The van der Waals surface area contributed by atoms with Crippen LogP contribution in [0, 0.1) is 0 Å². The number of amides is 3. The third kappa shape index (κ3) is 10.4. The lowest BCUT2D eigenvalue weighted by Crippen LogP contribution is -2.30. The second-order valence-electron chi connectivity index (χ2n) is 10.5. The fourth-order valence-electron chi connectivity index (χ4n) is 4.49. The summed E-state index contributed by atoms with van der Waals surface area (Å²) in [7, 11) is 0. The third-order valence-corrected chi connectivity index (χ3v) is 7.91. The predicted molar refractivity (Wildman–Crippen MR) is 191 cm³/mol. The summed E-state index contributed by atoms with van der Waals surface area (Å²) in [4.78, 5) is 39.8. The Morgan fingerprint density at radius 3 is 1.92 bits per heavy atom. The monoisotopic (exact) mass is 657 g/mol. The number of rotatable bonds is 14. The van der Waals surface area contributed by atoms with Crippen LogP contribution in [0.5, 0.6) is 11.5 Å². The summed E-state index contributed by atoms with van der Waals surface area (Å²) in [6.07, 6.45) is 1.62. The quantitative estimate of drug-likeness (QED) is 0.0832. The molecule has 0 unspecified atom stereocenters. The van der Waals surface area contributed by atoms with Gasteiger partial charge in [-0.2, -0.15) is 0 Å². The number of thioether (sulfide) groups is 1. The fourth-order valence-corrected chi connectivity index (χ4v) is 5.19. The molecule has 0 aliphatic carbocycles. The van der Waals surface area contributed by atoms with Crippen molar-refractivity contribution in [3.63, 3.8) is 0 Å². The van der Waals surface area contributed by atoms with Gasteiger partial charge in [-0.25, -0.2) is 0 Å². The van der Waals surface area contributed by atoms with Crippen LogP contribution in [0.3, 0.4) is 0 Å². The molecule has 9 heteroatoms. The molecule has 0 aliphatic heterocycles. The summed E-state index contributed by atoms with van der Waals surface area (Å²) in [6.45, 7) is 2.93. The highest BCUT2D eigenvalue weighted by molar-refractivity contribution is 8.00. The first-order chi connectivity index (χ1) is 23.4.